The van der Waals surface area contributed by atoms with Gasteiger partial charge in [0, 0.05) is 13.0 Å². The van der Waals surface area contributed by atoms with Crippen molar-refractivity contribution in [2.75, 3.05) is 5.43 Å². The van der Waals surface area contributed by atoms with E-state index in [1.54, 1.807) is 30.3 Å². The van der Waals surface area contributed by atoms with Gasteiger partial charge in [-0.15, -0.1) is 0 Å². The van der Waals surface area contributed by atoms with Crippen LogP contribution in [0.2, 0.25) is 0 Å². The second-order valence-electron chi connectivity index (χ2n) is 4.45. The summed E-state index contributed by atoms with van der Waals surface area (Å²) in [4.78, 5) is 11.6. The topological polar surface area (TPSA) is 95.8 Å². The first-order chi connectivity index (χ1) is 10.4. The van der Waals surface area contributed by atoms with Crippen LogP contribution in [0.25, 0.3) is 0 Å². The largest absolute Gasteiger partial charge is 0.508 e. The Labute approximate surface area is 128 Å². The molecule has 7 heteroatoms. The molecule has 0 aromatic heterocycles. The van der Waals surface area contributed by atoms with Crippen LogP contribution in [0, 0.1) is 0 Å². The number of nitrogens with one attached hydrogen (secondary N) is 1. The summed E-state index contributed by atoms with van der Waals surface area (Å²) < 4.78 is 24.8. The molecule has 2 aromatic carbocycles. The average molecular weight is 318 g/mol. The smallest absolute Gasteiger partial charge is 0.229 e. The highest BCUT2D eigenvalue weighted by atomic mass is 32.2. The molecule has 0 amide bonds. The number of aromatic hydroxyl groups is 1. The summed E-state index contributed by atoms with van der Waals surface area (Å²) in [6.07, 6.45) is 0. The number of hydrazone groups is 1. The van der Waals surface area contributed by atoms with Crippen LogP contribution in [0.15, 0.2) is 64.6 Å². The molecule has 0 saturated carbocycles. The number of Topliss-reactive ketones (excluding diaryl/α,β-unsaturated/α-hetero) is 1. The van der Waals surface area contributed by atoms with Crippen molar-refractivity contribution in [3.63, 3.8) is 0 Å². The van der Waals surface area contributed by atoms with Crippen molar-refractivity contribution < 1.29 is 18.3 Å². The quantitative estimate of drug-likeness (QED) is 0.512. The summed E-state index contributed by atoms with van der Waals surface area (Å²) in [5.74, 6) is -0.688. The zero-order valence-electron chi connectivity index (χ0n) is 11.7. The SMILES string of the molecule is CC(=O)/C(=N/Nc1cccc(O)c1)S(=O)(=O)c1ccccc1. The fourth-order valence-electron chi connectivity index (χ4n) is 1.73. The zero-order chi connectivity index (χ0) is 16.2. The summed E-state index contributed by atoms with van der Waals surface area (Å²) in [5, 5.41) is 12.5. The molecule has 0 spiro atoms. The highest BCUT2D eigenvalue weighted by Crippen LogP contribution is 2.17. The summed E-state index contributed by atoms with van der Waals surface area (Å²) in [5.41, 5.74) is 2.83. The average Bonchev–Trinajstić information content (AvgIpc) is 2.48. The van der Waals surface area contributed by atoms with E-state index in [-0.39, 0.29) is 10.6 Å². The van der Waals surface area contributed by atoms with Crippen LogP contribution in [0.3, 0.4) is 0 Å². The van der Waals surface area contributed by atoms with E-state index in [1.807, 2.05) is 0 Å². The van der Waals surface area contributed by atoms with E-state index in [1.165, 1.54) is 24.3 Å². The van der Waals surface area contributed by atoms with Crippen molar-refractivity contribution >= 4 is 26.4 Å². The number of nitrogens with zero attached hydrogens (tertiary/aromatic N) is 1. The maximum absolute atomic E-state index is 12.4. The monoisotopic (exact) mass is 318 g/mol. The Morgan fingerprint density at radius 3 is 2.36 bits per heavy atom. The van der Waals surface area contributed by atoms with Crippen molar-refractivity contribution in [2.24, 2.45) is 5.10 Å². The van der Waals surface area contributed by atoms with Crippen molar-refractivity contribution in [1.82, 2.24) is 0 Å². The lowest BCUT2D eigenvalue weighted by Crippen LogP contribution is -2.23. The number of phenolic OH excluding ortho intramolecular Hbond substituents is 1. The van der Waals surface area contributed by atoms with E-state index in [2.05, 4.69) is 10.5 Å². The van der Waals surface area contributed by atoms with Crippen LogP contribution < -0.4 is 5.43 Å². The molecule has 0 atom stereocenters. The number of phenols is 1. The van der Waals surface area contributed by atoms with Gasteiger partial charge >= 0.3 is 0 Å². The molecule has 114 valence electrons. The molecule has 0 aliphatic rings. The minimum atomic E-state index is -4.01. The van der Waals surface area contributed by atoms with E-state index in [9.17, 15) is 18.3 Å². The van der Waals surface area contributed by atoms with Gasteiger partial charge in [-0.3, -0.25) is 10.2 Å². The molecule has 0 fully saturated rings. The first-order valence-corrected chi connectivity index (χ1v) is 7.83. The Bertz CT molecular complexity index is 814. The Kier molecular flexibility index (Phi) is 4.57. The summed E-state index contributed by atoms with van der Waals surface area (Å²) in [6.45, 7) is 1.13. The Morgan fingerprint density at radius 2 is 1.77 bits per heavy atom. The lowest BCUT2D eigenvalue weighted by atomic mass is 10.3. The number of hydrogen-bond acceptors (Lipinski definition) is 6. The van der Waals surface area contributed by atoms with Crippen molar-refractivity contribution in [3.05, 3.63) is 54.6 Å². The number of carbonyl (C=O) groups excluding carboxylic acids is 1. The Balaban J connectivity index is 2.38. The normalized spacial score (nSPS) is 12.0. The Morgan fingerprint density at radius 1 is 1.09 bits per heavy atom. The fraction of sp³-hybridized carbons (Fsp3) is 0.0667. The summed E-state index contributed by atoms with van der Waals surface area (Å²) >= 11 is 0. The second kappa shape index (κ2) is 6.40. The second-order valence-corrected chi connectivity index (χ2v) is 6.32. The summed E-state index contributed by atoms with van der Waals surface area (Å²) in [7, 11) is -4.01. The number of anilines is 1. The molecule has 0 saturated heterocycles. The van der Waals surface area contributed by atoms with E-state index in [4.69, 9.17) is 0 Å². The third-order valence-corrected chi connectivity index (χ3v) is 4.52. The van der Waals surface area contributed by atoms with Crippen molar-refractivity contribution in [2.45, 2.75) is 11.8 Å². The number of carbonyl (C=O) groups is 1. The van der Waals surface area contributed by atoms with Crippen LogP contribution >= 0.6 is 0 Å². The molecule has 22 heavy (non-hydrogen) atoms. The maximum atomic E-state index is 12.4. The van der Waals surface area contributed by atoms with Gasteiger partial charge in [0.25, 0.3) is 0 Å². The van der Waals surface area contributed by atoms with Gasteiger partial charge < -0.3 is 5.11 Å². The number of ketones is 1. The molecule has 0 unspecified atom stereocenters. The Hall–Kier alpha value is -2.67. The molecule has 0 radical (unpaired) electrons. The van der Waals surface area contributed by atoms with Gasteiger partial charge in [-0.2, -0.15) is 5.10 Å². The van der Waals surface area contributed by atoms with Crippen LogP contribution in [-0.2, 0) is 14.6 Å². The molecule has 2 rings (SSSR count). The van der Waals surface area contributed by atoms with Crippen LogP contribution in [-0.4, -0.2) is 24.4 Å². The molecular weight excluding hydrogens is 304 g/mol. The first-order valence-electron chi connectivity index (χ1n) is 6.35. The first kappa shape index (κ1) is 15.7. The third-order valence-electron chi connectivity index (χ3n) is 2.74. The standard InChI is InChI=1S/C15H14N2O4S/c1-11(18)15(17-16-12-6-5-7-13(19)10-12)22(20,21)14-8-3-2-4-9-14/h2-10,16,19H,1H3/b17-15-. The molecule has 0 aliphatic heterocycles. The fourth-order valence-corrected chi connectivity index (χ4v) is 3.01. The molecule has 6 nitrogen and oxygen atoms in total. The van der Waals surface area contributed by atoms with E-state index >= 15 is 0 Å². The molecule has 0 bridgehead atoms. The van der Waals surface area contributed by atoms with Gasteiger partial charge in [-0.1, -0.05) is 24.3 Å². The van der Waals surface area contributed by atoms with Gasteiger partial charge in [0.05, 0.1) is 10.6 Å². The lowest BCUT2D eigenvalue weighted by molar-refractivity contribution is -0.110. The minimum Gasteiger partial charge on any atom is -0.508 e. The van der Waals surface area contributed by atoms with Crippen LogP contribution in [0.5, 0.6) is 5.75 Å². The highest BCUT2D eigenvalue weighted by molar-refractivity contribution is 8.08. The predicted octanol–water partition coefficient (Wildman–Crippen LogP) is 2.18. The van der Waals surface area contributed by atoms with E-state index < -0.39 is 20.7 Å². The number of hydrogen-bond donors (Lipinski definition) is 2. The third kappa shape index (κ3) is 3.50. The lowest BCUT2D eigenvalue weighted by Gasteiger charge is -2.06. The molecule has 2 N–H and O–H groups in total. The van der Waals surface area contributed by atoms with Gasteiger partial charge in [0.15, 0.2) is 5.78 Å². The maximum Gasteiger partial charge on any atom is 0.229 e. The van der Waals surface area contributed by atoms with Crippen molar-refractivity contribution in [3.8, 4) is 5.75 Å². The van der Waals surface area contributed by atoms with Gasteiger partial charge in [0.2, 0.25) is 14.9 Å². The predicted molar refractivity (Wildman–Crippen MR) is 83.5 cm³/mol. The van der Waals surface area contributed by atoms with Crippen molar-refractivity contribution in [1.29, 1.82) is 0 Å². The van der Waals surface area contributed by atoms with Gasteiger partial charge in [0.1, 0.15) is 5.75 Å². The minimum absolute atomic E-state index is 0.00417. The molecule has 2 aromatic rings. The summed E-state index contributed by atoms with van der Waals surface area (Å²) in [6, 6.07) is 13.5. The highest BCUT2D eigenvalue weighted by Gasteiger charge is 2.26. The van der Waals surface area contributed by atoms with Gasteiger partial charge in [-0.25, -0.2) is 8.42 Å². The molecule has 0 aliphatic carbocycles. The molecule has 0 heterocycles. The van der Waals surface area contributed by atoms with Crippen LogP contribution in [0.1, 0.15) is 6.92 Å². The number of benzene rings is 2. The molecular formula is C15H14N2O4S. The zero-order valence-corrected chi connectivity index (χ0v) is 12.5. The van der Waals surface area contributed by atoms with E-state index in [0.29, 0.717) is 5.69 Å². The number of sulfone groups is 1. The van der Waals surface area contributed by atoms with E-state index in [0.717, 1.165) is 6.92 Å². The van der Waals surface area contributed by atoms with Crippen LogP contribution in [0.4, 0.5) is 5.69 Å². The van der Waals surface area contributed by atoms with Gasteiger partial charge in [-0.05, 0) is 24.3 Å². The number of rotatable bonds is 4.